The second-order valence-electron chi connectivity index (χ2n) is 3.15. The number of anilines is 1. The molecule has 0 aliphatic rings. The van der Waals surface area contributed by atoms with E-state index in [1.54, 1.807) is 31.3 Å². The molecule has 1 rings (SSSR count). The normalized spacial score (nSPS) is 11.8. The number of rotatable bonds is 3. The molecule has 17 heavy (non-hydrogen) atoms. The van der Waals surface area contributed by atoms with E-state index < -0.39 is 5.91 Å². The number of benzene rings is 1. The highest BCUT2D eigenvalue weighted by Gasteiger charge is 2.17. The maximum Gasteiger partial charge on any atom is 0.271 e. The number of likely N-dealkylation sites (N-methyl/N-ethyl adjacent to an activating group) is 1. The van der Waals surface area contributed by atoms with E-state index in [2.05, 4.69) is 0 Å². The van der Waals surface area contributed by atoms with E-state index in [0.29, 0.717) is 10.7 Å². The van der Waals surface area contributed by atoms with Crippen LogP contribution in [-0.2, 0) is 4.79 Å². The maximum atomic E-state index is 11.9. The van der Waals surface area contributed by atoms with Crippen LogP contribution in [-0.4, -0.2) is 19.2 Å². The first-order valence-electron chi connectivity index (χ1n) is 4.56. The Hall–Kier alpha value is -1.03. The third kappa shape index (κ3) is 3.46. The fraction of sp³-hybridized carbons (Fsp3) is 0.0909. The largest absolute Gasteiger partial charge is 0.311 e. The smallest absolute Gasteiger partial charge is 0.271 e. The lowest BCUT2D eigenvalue weighted by Crippen LogP contribution is -2.26. The number of hydrogen-bond acceptors (Lipinski definition) is 2. The van der Waals surface area contributed by atoms with Crippen LogP contribution in [0.4, 0.5) is 5.69 Å². The van der Waals surface area contributed by atoms with Gasteiger partial charge in [-0.05, 0) is 18.2 Å². The zero-order chi connectivity index (χ0) is 13.0. The average molecular weight is 292 g/mol. The third-order valence-corrected chi connectivity index (χ3v) is 3.02. The molecule has 1 aromatic carbocycles. The number of carbonyl (C=O) groups excluding carboxylic acids is 1. The van der Waals surface area contributed by atoms with Crippen molar-refractivity contribution in [3.05, 3.63) is 39.4 Å². The van der Waals surface area contributed by atoms with Crippen molar-refractivity contribution in [2.24, 2.45) is 0 Å². The zero-order valence-corrected chi connectivity index (χ0v) is 11.1. The average Bonchev–Trinajstić information content (AvgIpc) is 2.35. The van der Waals surface area contributed by atoms with Crippen LogP contribution in [0.15, 0.2) is 34.3 Å². The van der Waals surface area contributed by atoms with Crippen LogP contribution >= 0.6 is 34.8 Å². The first kappa shape index (κ1) is 14.0. The van der Waals surface area contributed by atoms with E-state index in [1.807, 2.05) is 0 Å². The third-order valence-electron chi connectivity index (χ3n) is 2.02. The minimum atomic E-state index is -0.498. The predicted octanol–water partition coefficient (Wildman–Crippen LogP) is 3.64. The van der Waals surface area contributed by atoms with Crippen LogP contribution in [0.3, 0.4) is 0 Å². The summed E-state index contributed by atoms with van der Waals surface area (Å²) in [6.45, 7) is 0. The van der Waals surface area contributed by atoms with Crippen LogP contribution in [0.25, 0.3) is 0 Å². The van der Waals surface area contributed by atoms with Crippen molar-refractivity contribution in [1.82, 2.24) is 0 Å². The Morgan fingerprint density at radius 3 is 2.59 bits per heavy atom. The molecule has 0 unspecified atom stereocenters. The van der Waals surface area contributed by atoms with Gasteiger partial charge in [-0.3, -0.25) is 4.79 Å². The van der Waals surface area contributed by atoms with Crippen LogP contribution < -0.4 is 4.90 Å². The molecule has 0 aliphatic carbocycles. The van der Waals surface area contributed by atoms with E-state index in [4.69, 9.17) is 40.2 Å². The highest BCUT2D eigenvalue weighted by molar-refractivity contribution is 6.53. The molecule has 0 saturated heterocycles. The monoisotopic (exact) mass is 290 g/mol. The molecule has 1 aromatic rings. The number of nitrogens with zero attached hydrogens (tertiary/aromatic N) is 1. The van der Waals surface area contributed by atoms with E-state index in [1.165, 1.54) is 4.90 Å². The van der Waals surface area contributed by atoms with Crippen LogP contribution in [0.1, 0.15) is 0 Å². The van der Waals surface area contributed by atoms with Crippen molar-refractivity contribution in [1.29, 1.82) is 5.41 Å². The molecule has 1 N–H and O–H groups in total. The van der Waals surface area contributed by atoms with Gasteiger partial charge in [0.15, 0.2) is 0 Å². The second kappa shape index (κ2) is 6.05. The molecule has 1 amide bonds. The Balaban J connectivity index is 3.02. The number of allylic oxidation sites excluding steroid dienone is 1. The summed E-state index contributed by atoms with van der Waals surface area (Å²) in [5.74, 6) is -0.498. The summed E-state index contributed by atoms with van der Waals surface area (Å²) in [6, 6.07) is 6.76. The van der Waals surface area contributed by atoms with E-state index in [-0.39, 0.29) is 10.1 Å². The fourth-order valence-electron chi connectivity index (χ4n) is 1.11. The number of halogens is 3. The summed E-state index contributed by atoms with van der Waals surface area (Å²) in [6.07, 6.45) is 0.813. The molecule has 0 aromatic heterocycles. The first-order valence-corrected chi connectivity index (χ1v) is 5.70. The molecule has 0 heterocycles. The van der Waals surface area contributed by atoms with Crippen LogP contribution in [0.5, 0.6) is 0 Å². The lowest BCUT2D eigenvalue weighted by molar-refractivity contribution is -0.114. The number of amides is 1. The molecule has 0 atom stereocenters. The van der Waals surface area contributed by atoms with Gasteiger partial charge in [0.1, 0.15) is 5.03 Å². The molecular weight excluding hydrogens is 282 g/mol. The zero-order valence-electron chi connectivity index (χ0n) is 8.88. The van der Waals surface area contributed by atoms with Crippen LogP contribution in [0, 0.1) is 5.41 Å². The molecule has 0 bridgehead atoms. The van der Waals surface area contributed by atoms with Gasteiger partial charge in [-0.25, -0.2) is 0 Å². The summed E-state index contributed by atoms with van der Waals surface area (Å²) in [5, 5.41) is 7.12. The Kier molecular flexibility index (Phi) is 5.00. The molecule has 0 fully saturated rings. The van der Waals surface area contributed by atoms with Gasteiger partial charge in [-0.15, -0.1) is 0 Å². The standard InChI is InChI=1S/C11H9Cl3N2O/c1-16(8-4-2-3-7(12)5-8)11(17)10(14)9(13)6-15/h2-6,15H,1H3/b10-9-,15-6?. The Morgan fingerprint density at radius 2 is 2.06 bits per heavy atom. The summed E-state index contributed by atoms with van der Waals surface area (Å²) in [5.41, 5.74) is 0.593. The molecule has 0 aliphatic heterocycles. The van der Waals surface area contributed by atoms with Gasteiger partial charge < -0.3 is 10.3 Å². The van der Waals surface area contributed by atoms with Gasteiger partial charge in [-0.1, -0.05) is 40.9 Å². The fourth-order valence-corrected chi connectivity index (χ4v) is 1.56. The number of hydrogen-bond donors (Lipinski definition) is 1. The molecular formula is C11H9Cl3N2O. The van der Waals surface area contributed by atoms with Crippen LogP contribution in [0.2, 0.25) is 5.02 Å². The number of carbonyl (C=O) groups is 1. The molecule has 90 valence electrons. The van der Waals surface area contributed by atoms with Gasteiger partial charge in [0.2, 0.25) is 0 Å². The molecule has 3 nitrogen and oxygen atoms in total. The summed E-state index contributed by atoms with van der Waals surface area (Å²) < 4.78 is 0. The van der Waals surface area contributed by atoms with E-state index in [9.17, 15) is 4.79 Å². The molecule has 0 radical (unpaired) electrons. The summed E-state index contributed by atoms with van der Waals surface area (Å²) in [4.78, 5) is 13.2. The van der Waals surface area contributed by atoms with Crippen molar-refractivity contribution >= 4 is 52.6 Å². The minimum Gasteiger partial charge on any atom is -0.311 e. The molecule has 0 saturated carbocycles. The van der Waals surface area contributed by atoms with Crippen molar-refractivity contribution in [2.45, 2.75) is 0 Å². The van der Waals surface area contributed by atoms with Gasteiger partial charge in [0.05, 0.1) is 5.03 Å². The topological polar surface area (TPSA) is 44.2 Å². The molecule has 6 heteroatoms. The summed E-state index contributed by atoms with van der Waals surface area (Å²) in [7, 11) is 1.55. The minimum absolute atomic E-state index is 0.106. The quantitative estimate of drug-likeness (QED) is 0.670. The van der Waals surface area contributed by atoms with Crippen molar-refractivity contribution in [3.8, 4) is 0 Å². The highest BCUT2D eigenvalue weighted by atomic mass is 35.5. The lowest BCUT2D eigenvalue weighted by atomic mass is 10.3. The van der Waals surface area contributed by atoms with Crippen molar-refractivity contribution in [2.75, 3.05) is 11.9 Å². The Bertz CT molecular complexity index is 485. The van der Waals surface area contributed by atoms with E-state index in [0.717, 1.165) is 6.21 Å². The number of nitrogens with one attached hydrogen (secondary N) is 1. The highest BCUT2D eigenvalue weighted by Crippen LogP contribution is 2.22. The lowest BCUT2D eigenvalue weighted by Gasteiger charge is -2.17. The summed E-state index contributed by atoms with van der Waals surface area (Å²) >= 11 is 17.2. The van der Waals surface area contributed by atoms with Crippen molar-refractivity contribution < 1.29 is 4.79 Å². The predicted molar refractivity (Wildman–Crippen MR) is 72.4 cm³/mol. The Morgan fingerprint density at radius 1 is 1.41 bits per heavy atom. The second-order valence-corrected chi connectivity index (χ2v) is 4.37. The van der Waals surface area contributed by atoms with Gasteiger partial charge in [-0.2, -0.15) is 0 Å². The van der Waals surface area contributed by atoms with Crippen molar-refractivity contribution in [3.63, 3.8) is 0 Å². The maximum absolute atomic E-state index is 11.9. The van der Waals surface area contributed by atoms with E-state index >= 15 is 0 Å². The van der Waals surface area contributed by atoms with Gasteiger partial charge in [0.25, 0.3) is 5.91 Å². The van der Waals surface area contributed by atoms with Gasteiger partial charge in [0, 0.05) is 24.0 Å². The Labute approximate surface area is 114 Å². The molecule has 0 spiro atoms. The van der Waals surface area contributed by atoms with Gasteiger partial charge >= 0.3 is 0 Å². The first-order chi connectivity index (χ1) is 7.97. The SMILES string of the molecule is CN(C(=O)/C(Cl)=C(/Cl)C=N)c1cccc(Cl)c1.